The molecular weight excluding hydrogens is 559 g/mol. The monoisotopic (exact) mass is 594 g/mol. The number of amides is 2. The lowest BCUT2D eigenvalue weighted by Crippen LogP contribution is -2.53. The number of halogens is 2. The van der Waals surface area contributed by atoms with Crippen molar-refractivity contribution < 1.29 is 18.7 Å². The van der Waals surface area contributed by atoms with E-state index in [9.17, 15) is 14.0 Å². The minimum absolute atomic E-state index is 0.0413. The van der Waals surface area contributed by atoms with Crippen LogP contribution < -0.4 is 10.1 Å². The fraction of sp³-hybridized carbons (Fsp3) is 0.375. The summed E-state index contributed by atoms with van der Waals surface area (Å²) in [5.74, 6) is -0.480. The summed E-state index contributed by atoms with van der Waals surface area (Å²) in [4.78, 5) is 29.0. The third kappa shape index (κ3) is 8.15. The van der Waals surface area contributed by atoms with Crippen LogP contribution in [0.2, 0.25) is 0 Å². The Hall–Kier alpha value is -3.19. The van der Waals surface area contributed by atoms with E-state index in [1.807, 2.05) is 48.5 Å². The van der Waals surface area contributed by atoms with E-state index in [-0.39, 0.29) is 31.0 Å². The molecule has 5 nitrogen and oxygen atoms in total. The number of ether oxygens (including phenoxy) is 1. The molecule has 0 aliphatic heterocycles. The molecule has 1 aliphatic rings. The fourth-order valence-electron chi connectivity index (χ4n) is 5.01. The average molecular weight is 596 g/mol. The Morgan fingerprint density at radius 1 is 1.00 bits per heavy atom. The summed E-state index contributed by atoms with van der Waals surface area (Å²) in [7, 11) is 0. The first-order valence-corrected chi connectivity index (χ1v) is 14.5. The zero-order valence-electron chi connectivity index (χ0n) is 22.4. The average Bonchev–Trinajstić information content (AvgIpc) is 2.96. The molecule has 39 heavy (non-hydrogen) atoms. The Bertz CT molecular complexity index is 1250. The van der Waals surface area contributed by atoms with E-state index < -0.39 is 11.9 Å². The molecule has 1 atom stereocenters. The van der Waals surface area contributed by atoms with Gasteiger partial charge in [-0.3, -0.25) is 9.59 Å². The van der Waals surface area contributed by atoms with Gasteiger partial charge in [0.2, 0.25) is 5.91 Å². The largest absolute Gasteiger partial charge is 0.483 e. The zero-order chi connectivity index (χ0) is 27.6. The second kappa shape index (κ2) is 14.3. The number of nitrogens with one attached hydrogen (secondary N) is 1. The van der Waals surface area contributed by atoms with Crippen molar-refractivity contribution in [3.63, 3.8) is 0 Å². The van der Waals surface area contributed by atoms with Crippen molar-refractivity contribution in [3.05, 3.63) is 99.8 Å². The highest BCUT2D eigenvalue weighted by molar-refractivity contribution is 9.10. The molecule has 2 amide bonds. The lowest BCUT2D eigenvalue weighted by atomic mass is 9.94. The molecule has 0 radical (unpaired) electrons. The van der Waals surface area contributed by atoms with Crippen molar-refractivity contribution in [2.24, 2.45) is 0 Å². The number of aryl methyl sites for hydroxylation is 1. The molecule has 1 fully saturated rings. The van der Waals surface area contributed by atoms with Crippen LogP contribution in [0.5, 0.6) is 5.75 Å². The third-order valence-corrected chi connectivity index (χ3v) is 7.90. The van der Waals surface area contributed by atoms with Crippen LogP contribution >= 0.6 is 15.9 Å². The number of carbonyl (C=O) groups is 2. The van der Waals surface area contributed by atoms with E-state index in [4.69, 9.17) is 4.74 Å². The van der Waals surface area contributed by atoms with Crippen LogP contribution in [0.4, 0.5) is 4.39 Å². The third-order valence-electron chi connectivity index (χ3n) is 7.28. The first kappa shape index (κ1) is 28.8. The number of rotatable bonds is 11. The van der Waals surface area contributed by atoms with Crippen LogP contribution in [0, 0.1) is 5.82 Å². The molecule has 3 aromatic carbocycles. The van der Waals surface area contributed by atoms with Crippen molar-refractivity contribution in [3.8, 4) is 5.75 Å². The number of nitrogens with zero attached hydrogens (tertiary/aromatic N) is 1. The van der Waals surface area contributed by atoms with Gasteiger partial charge in [-0.2, -0.15) is 0 Å². The second-order valence-electron chi connectivity index (χ2n) is 10.1. The van der Waals surface area contributed by atoms with Gasteiger partial charge in [-0.1, -0.05) is 80.8 Å². The van der Waals surface area contributed by atoms with Crippen molar-refractivity contribution in [2.45, 2.75) is 70.5 Å². The highest BCUT2D eigenvalue weighted by Crippen LogP contribution is 2.27. The van der Waals surface area contributed by atoms with Gasteiger partial charge in [-0.25, -0.2) is 4.39 Å². The zero-order valence-corrected chi connectivity index (χ0v) is 24.0. The topological polar surface area (TPSA) is 58.6 Å². The maximum Gasteiger partial charge on any atom is 0.261 e. The Kier molecular flexibility index (Phi) is 10.5. The molecule has 0 unspecified atom stereocenters. The van der Waals surface area contributed by atoms with Gasteiger partial charge in [0.15, 0.2) is 6.61 Å². The van der Waals surface area contributed by atoms with Crippen LogP contribution in [0.3, 0.4) is 0 Å². The van der Waals surface area contributed by atoms with E-state index >= 15 is 0 Å². The fourth-order valence-corrected chi connectivity index (χ4v) is 5.55. The summed E-state index contributed by atoms with van der Waals surface area (Å²) in [5, 5.41) is 3.20. The molecule has 206 valence electrons. The summed E-state index contributed by atoms with van der Waals surface area (Å²) in [5.41, 5.74) is 2.42. The number of hydrogen-bond acceptors (Lipinski definition) is 3. The van der Waals surface area contributed by atoms with E-state index in [2.05, 4.69) is 28.2 Å². The molecule has 3 aromatic rings. The molecule has 0 bridgehead atoms. The Labute approximate surface area is 238 Å². The molecule has 1 aliphatic carbocycles. The summed E-state index contributed by atoms with van der Waals surface area (Å²) < 4.78 is 21.4. The van der Waals surface area contributed by atoms with Gasteiger partial charge >= 0.3 is 0 Å². The van der Waals surface area contributed by atoms with Gasteiger partial charge in [-0.05, 0) is 64.5 Å². The van der Waals surface area contributed by atoms with Crippen LogP contribution in [0.15, 0.2) is 77.3 Å². The van der Waals surface area contributed by atoms with Gasteiger partial charge in [0.25, 0.3) is 5.91 Å². The first-order valence-electron chi connectivity index (χ1n) is 13.7. The Balaban J connectivity index is 1.62. The highest BCUT2D eigenvalue weighted by atomic mass is 79.9. The molecule has 4 rings (SSSR count). The summed E-state index contributed by atoms with van der Waals surface area (Å²) in [6.45, 7) is 1.75. The molecule has 0 spiro atoms. The number of hydrogen-bond donors (Lipinski definition) is 1. The molecular formula is C32H36BrFN2O3. The minimum atomic E-state index is -0.823. The molecule has 0 heterocycles. The van der Waals surface area contributed by atoms with E-state index in [1.54, 1.807) is 18.2 Å². The van der Waals surface area contributed by atoms with Crippen molar-refractivity contribution >= 4 is 27.7 Å². The first-order chi connectivity index (χ1) is 18.9. The maximum absolute atomic E-state index is 14.8. The normalized spacial score (nSPS) is 14.4. The van der Waals surface area contributed by atoms with Gasteiger partial charge in [0.1, 0.15) is 17.6 Å². The summed E-state index contributed by atoms with van der Waals surface area (Å²) >= 11 is 3.53. The number of benzene rings is 3. The Morgan fingerprint density at radius 3 is 2.41 bits per heavy atom. The summed E-state index contributed by atoms with van der Waals surface area (Å²) in [6, 6.07) is 21.0. The molecule has 7 heteroatoms. The quantitative estimate of drug-likeness (QED) is 0.271. The molecule has 0 saturated heterocycles. The Morgan fingerprint density at radius 2 is 1.72 bits per heavy atom. The standard InChI is InChI=1S/C32H36BrFN2O3/c1-2-23-17-18-30(27(33)19-23)39-22-31(37)36(21-25-13-9-10-16-28(25)34)29(20-24-11-5-3-6-12-24)32(38)35-26-14-7-4-8-15-26/h3,5-6,9-13,16-19,26,29H,2,4,7-8,14-15,20-22H2,1H3,(H,35,38)/t29-/m1/s1. The van der Waals surface area contributed by atoms with Gasteiger partial charge < -0.3 is 15.0 Å². The van der Waals surface area contributed by atoms with Crippen molar-refractivity contribution in [2.75, 3.05) is 6.61 Å². The minimum Gasteiger partial charge on any atom is -0.483 e. The SMILES string of the molecule is CCc1ccc(OCC(=O)N(Cc2ccccc2F)[C@H](Cc2ccccc2)C(=O)NC2CCCCC2)c(Br)c1. The van der Waals surface area contributed by atoms with Gasteiger partial charge in [0, 0.05) is 24.6 Å². The van der Waals surface area contributed by atoms with Crippen molar-refractivity contribution in [1.82, 2.24) is 10.2 Å². The van der Waals surface area contributed by atoms with E-state index in [0.29, 0.717) is 17.7 Å². The maximum atomic E-state index is 14.8. The predicted octanol–water partition coefficient (Wildman–Crippen LogP) is 6.62. The second-order valence-corrected chi connectivity index (χ2v) is 10.9. The smallest absolute Gasteiger partial charge is 0.261 e. The molecule has 1 N–H and O–H groups in total. The molecule has 0 aromatic heterocycles. The van der Waals surface area contributed by atoms with E-state index in [1.165, 1.54) is 17.4 Å². The number of carbonyl (C=O) groups excluding carboxylic acids is 2. The van der Waals surface area contributed by atoms with Crippen LogP contribution in [-0.2, 0) is 29.0 Å². The van der Waals surface area contributed by atoms with Gasteiger partial charge in [0.05, 0.1) is 4.47 Å². The molecule has 1 saturated carbocycles. The lowest BCUT2D eigenvalue weighted by Gasteiger charge is -2.33. The van der Waals surface area contributed by atoms with Crippen LogP contribution in [-0.4, -0.2) is 35.4 Å². The van der Waals surface area contributed by atoms with Crippen molar-refractivity contribution in [1.29, 1.82) is 0 Å². The highest BCUT2D eigenvalue weighted by Gasteiger charge is 2.32. The van der Waals surface area contributed by atoms with E-state index in [0.717, 1.165) is 47.7 Å². The van der Waals surface area contributed by atoms with Gasteiger partial charge in [-0.15, -0.1) is 0 Å². The summed E-state index contributed by atoms with van der Waals surface area (Å²) in [6.07, 6.45) is 6.37. The predicted molar refractivity (Wildman–Crippen MR) is 155 cm³/mol. The van der Waals surface area contributed by atoms with Crippen LogP contribution in [0.25, 0.3) is 0 Å². The lowest BCUT2D eigenvalue weighted by molar-refractivity contribution is -0.143. The van der Waals surface area contributed by atoms with Crippen LogP contribution in [0.1, 0.15) is 55.7 Å².